The Hall–Kier alpha value is -0.240. The average molecular weight is 222 g/mol. The lowest BCUT2D eigenvalue weighted by Crippen LogP contribution is -2.59. The fourth-order valence-corrected chi connectivity index (χ4v) is 1.76. The largest absolute Gasteiger partial charge is 0.385 e. The van der Waals surface area contributed by atoms with Gasteiger partial charge in [0.25, 0.3) is 0 Å². The third-order valence-electron chi connectivity index (χ3n) is 2.51. The monoisotopic (exact) mass is 222 g/mol. The molecule has 6 heteroatoms. The van der Waals surface area contributed by atoms with E-state index >= 15 is 0 Å². The van der Waals surface area contributed by atoms with Gasteiger partial charge in [0.1, 0.15) is 24.4 Å². The summed E-state index contributed by atoms with van der Waals surface area (Å²) in [4.78, 5) is 0. The summed E-state index contributed by atoms with van der Waals surface area (Å²) in [6.07, 6.45) is -3.94. The number of aliphatic hydroxyl groups excluding tert-OH is 2. The summed E-state index contributed by atoms with van der Waals surface area (Å²) in [5.41, 5.74) is 0. The van der Waals surface area contributed by atoms with E-state index in [2.05, 4.69) is 0 Å². The summed E-state index contributed by atoms with van der Waals surface area (Å²) in [6, 6.07) is 0. The first-order valence-corrected chi connectivity index (χ1v) is 4.71. The molecule has 15 heavy (non-hydrogen) atoms. The third-order valence-corrected chi connectivity index (χ3v) is 2.51. The molecule has 90 valence electrons. The lowest BCUT2D eigenvalue weighted by Gasteiger charge is -2.41. The van der Waals surface area contributed by atoms with Crippen LogP contribution in [0.4, 0.5) is 0 Å². The van der Waals surface area contributed by atoms with Gasteiger partial charge in [0.05, 0.1) is 6.61 Å². The topological polar surface area (TPSA) is 77.4 Å². The van der Waals surface area contributed by atoms with E-state index in [0.29, 0.717) is 0 Å². The number of ether oxygens (including phenoxy) is 4. The Morgan fingerprint density at radius 2 is 1.67 bits per heavy atom. The highest BCUT2D eigenvalue weighted by atomic mass is 16.7. The van der Waals surface area contributed by atoms with Gasteiger partial charge in [0, 0.05) is 21.3 Å². The summed E-state index contributed by atoms with van der Waals surface area (Å²) < 4.78 is 20.3. The van der Waals surface area contributed by atoms with Crippen LogP contribution in [0.3, 0.4) is 0 Å². The summed E-state index contributed by atoms with van der Waals surface area (Å²) >= 11 is 0. The molecule has 0 unspecified atom stereocenters. The molecule has 0 radical (unpaired) electrons. The van der Waals surface area contributed by atoms with Gasteiger partial charge < -0.3 is 29.2 Å². The highest BCUT2D eigenvalue weighted by Crippen LogP contribution is 2.24. The van der Waals surface area contributed by atoms with Crippen LogP contribution >= 0.6 is 0 Å². The molecule has 0 aliphatic carbocycles. The van der Waals surface area contributed by atoms with Crippen LogP contribution < -0.4 is 0 Å². The van der Waals surface area contributed by atoms with Crippen LogP contribution in [0.2, 0.25) is 0 Å². The molecule has 2 N–H and O–H groups in total. The van der Waals surface area contributed by atoms with Gasteiger partial charge in [-0.05, 0) is 0 Å². The van der Waals surface area contributed by atoms with Crippen LogP contribution in [0.1, 0.15) is 0 Å². The van der Waals surface area contributed by atoms with Crippen LogP contribution in [0.15, 0.2) is 0 Å². The number of rotatable bonds is 4. The predicted molar refractivity (Wildman–Crippen MR) is 50.4 cm³/mol. The second-order valence-corrected chi connectivity index (χ2v) is 3.41. The minimum Gasteiger partial charge on any atom is -0.385 e. The van der Waals surface area contributed by atoms with Crippen molar-refractivity contribution in [1.82, 2.24) is 0 Å². The zero-order valence-corrected chi connectivity index (χ0v) is 9.12. The molecular formula is C9H18O6. The van der Waals surface area contributed by atoms with Crippen LogP contribution in [0.5, 0.6) is 0 Å². The van der Waals surface area contributed by atoms with E-state index < -0.39 is 30.7 Å². The van der Waals surface area contributed by atoms with Crippen molar-refractivity contribution in [1.29, 1.82) is 0 Å². The standard InChI is InChI=1S/C9H18O6/c1-12-4-5-7(13-2)8(14-3)6(10)9(11)15-5/h5-11H,4H2,1-3H3/t5-,6+,7-,8-,9+/m1/s1. The average Bonchev–Trinajstić information content (AvgIpc) is 2.23. The maximum atomic E-state index is 9.60. The van der Waals surface area contributed by atoms with Gasteiger partial charge in [0.15, 0.2) is 6.29 Å². The first-order valence-electron chi connectivity index (χ1n) is 4.71. The zero-order chi connectivity index (χ0) is 11.4. The molecule has 0 aromatic carbocycles. The Kier molecular flexibility index (Phi) is 4.91. The maximum absolute atomic E-state index is 9.60. The second kappa shape index (κ2) is 5.74. The molecule has 5 atom stereocenters. The molecule has 0 aromatic heterocycles. The SMILES string of the molecule is COC[C@H]1O[C@H](O)[C@@H](O)[C@@H](OC)[C@@H]1OC. The molecule has 1 heterocycles. The zero-order valence-electron chi connectivity index (χ0n) is 9.12. The van der Waals surface area contributed by atoms with Gasteiger partial charge in [-0.2, -0.15) is 0 Å². The number of hydrogen-bond acceptors (Lipinski definition) is 6. The molecule has 0 bridgehead atoms. The van der Waals surface area contributed by atoms with Crippen LogP contribution in [-0.2, 0) is 18.9 Å². The summed E-state index contributed by atoms with van der Waals surface area (Å²) in [5, 5.41) is 19.0. The van der Waals surface area contributed by atoms with Gasteiger partial charge in [-0.15, -0.1) is 0 Å². The van der Waals surface area contributed by atoms with E-state index in [1.165, 1.54) is 21.3 Å². The number of methoxy groups -OCH3 is 3. The third kappa shape index (κ3) is 2.66. The lowest BCUT2D eigenvalue weighted by molar-refractivity contribution is -0.295. The maximum Gasteiger partial charge on any atom is 0.184 e. The highest BCUT2D eigenvalue weighted by Gasteiger charge is 2.45. The summed E-state index contributed by atoms with van der Waals surface area (Å²) in [5.74, 6) is 0. The van der Waals surface area contributed by atoms with Crippen molar-refractivity contribution in [3.8, 4) is 0 Å². The normalized spacial score (nSPS) is 41.8. The molecule has 6 nitrogen and oxygen atoms in total. The Bertz CT molecular complexity index is 187. The fourth-order valence-electron chi connectivity index (χ4n) is 1.76. The van der Waals surface area contributed by atoms with Crippen molar-refractivity contribution in [2.24, 2.45) is 0 Å². The van der Waals surface area contributed by atoms with Gasteiger partial charge in [0.2, 0.25) is 0 Å². The van der Waals surface area contributed by atoms with Crippen molar-refractivity contribution in [2.75, 3.05) is 27.9 Å². The van der Waals surface area contributed by atoms with E-state index in [1.807, 2.05) is 0 Å². The van der Waals surface area contributed by atoms with E-state index in [9.17, 15) is 10.2 Å². The van der Waals surface area contributed by atoms with Crippen molar-refractivity contribution in [3.05, 3.63) is 0 Å². The van der Waals surface area contributed by atoms with Crippen LogP contribution in [0.25, 0.3) is 0 Å². The molecule has 0 aromatic rings. The number of aliphatic hydroxyl groups is 2. The van der Waals surface area contributed by atoms with Crippen LogP contribution in [0, 0.1) is 0 Å². The molecule has 1 fully saturated rings. The van der Waals surface area contributed by atoms with Gasteiger partial charge >= 0.3 is 0 Å². The Labute approximate surface area is 88.7 Å². The highest BCUT2D eigenvalue weighted by molar-refractivity contribution is 4.90. The van der Waals surface area contributed by atoms with Gasteiger partial charge in [-0.3, -0.25) is 0 Å². The van der Waals surface area contributed by atoms with Crippen LogP contribution in [-0.4, -0.2) is 68.9 Å². The molecule has 0 amide bonds. The molecule has 1 aliphatic rings. The summed E-state index contributed by atoms with van der Waals surface area (Å²) in [6.45, 7) is 0.266. The van der Waals surface area contributed by atoms with Crippen molar-refractivity contribution < 1.29 is 29.2 Å². The van der Waals surface area contributed by atoms with Crippen molar-refractivity contribution >= 4 is 0 Å². The molecular weight excluding hydrogens is 204 g/mol. The second-order valence-electron chi connectivity index (χ2n) is 3.41. The fraction of sp³-hybridized carbons (Fsp3) is 1.00. The molecule has 0 spiro atoms. The van der Waals surface area contributed by atoms with Gasteiger partial charge in [-0.1, -0.05) is 0 Å². The van der Waals surface area contributed by atoms with E-state index in [1.54, 1.807) is 0 Å². The lowest BCUT2D eigenvalue weighted by atomic mass is 9.99. The molecule has 1 rings (SSSR count). The Morgan fingerprint density at radius 1 is 1.07 bits per heavy atom. The molecule has 1 saturated heterocycles. The van der Waals surface area contributed by atoms with E-state index in [4.69, 9.17) is 18.9 Å². The predicted octanol–water partition coefficient (Wildman–Crippen LogP) is -1.26. The smallest absolute Gasteiger partial charge is 0.184 e. The van der Waals surface area contributed by atoms with Crippen molar-refractivity contribution in [3.63, 3.8) is 0 Å². The van der Waals surface area contributed by atoms with E-state index in [-0.39, 0.29) is 6.61 Å². The molecule has 0 saturated carbocycles. The number of hydrogen-bond donors (Lipinski definition) is 2. The summed E-state index contributed by atoms with van der Waals surface area (Å²) in [7, 11) is 4.46. The Balaban J connectivity index is 2.73. The first-order chi connectivity index (χ1) is 7.15. The quantitative estimate of drug-likeness (QED) is 0.618. The molecule has 1 aliphatic heterocycles. The van der Waals surface area contributed by atoms with E-state index in [0.717, 1.165) is 0 Å². The minimum absolute atomic E-state index is 0.266. The first kappa shape index (κ1) is 12.8. The van der Waals surface area contributed by atoms with Crippen molar-refractivity contribution in [2.45, 2.75) is 30.7 Å². The minimum atomic E-state index is -1.28. The Morgan fingerprint density at radius 3 is 2.13 bits per heavy atom. The van der Waals surface area contributed by atoms with Gasteiger partial charge in [-0.25, -0.2) is 0 Å².